The molecule has 1 aromatic rings. The minimum Gasteiger partial charge on any atom is -0.293 e. The number of nitrogens with zero attached hydrogens (tertiary/aromatic N) is 4. The number of hydroxylamine groups is 2. The fourth-order valence-electron chi connectivity index (χ4n) is 1.77. The molecule has 6 heteroatoms. The second kappa shape index (κ2) is 3.86. The summed E-state index contributed by atoms with van der Waals surface area (Å²) in [4.78, 5) is 5.85. The van der Waals surface area contributed by atoms with Crippen molar-refractivity contribution in [1.82, 2.24) is 25.7 Å². The van der Waals surface area contributed by atoms with Gasteiger partial charge in [-0.15, -0.1) is 10.2 Å². The fourth-order valence-corrected chi connectivity index (χ4v) is 1.77. The Hall–Kier alpha value is -1.01. The molecule has 1 atom stereocenters. The number of aromatic amines is 1. The zero-order chi connectivity index (χ0) is 10.9. The van der Waals surface area contributed by atoms with Gasteiger partial charge in [-0.1, -0.05) is 5.21 Å². The van der Waals surface area contributed by atoms with E-state index < -0.39 is 0 Å². The maximum Gasteiger partial charge on any atom is 0.193 e. The molecular formula is C9H17N5O. The Labute approximate surface area is 88.9 Å². The van der Waals surface area contributed by atoms with Crippen LogP contribution >= 0.6 is 0 Å². The van der Waals surface area contributed by atoms with Gasteiger partial charge in [0.1, 0.15) is 0 Å². The minimum absolute atomic E-state index is 0.142. The third kappa shape index (κ3) is 2.51. The Balaban J connectivity index is 2.06. The van der Waals surface area contributed by atoms with Crippen LogP contribution in [0.4, 0.5) is 0 Å². The van der Waals surface area contributed by atoms with E-state index in [0.29, 0.717) is 0 Å². The molecule has 1 saturated heterocycles. The van der Waals surface area contributed by atoms with Crippen molar-refractivity contribution in [2.45, 2.75) is 45.3 Å². The molecular weight excluding hydrogens is 194 g/mol. The molecule has 0 amide bonds. The standard InChI is InChI=1S/C9H17N5O/c1-9(2,3)15-14-6-4-5-7(14)8-10-12-13-11-8/h7H,4-6H2,1-3H3,(H,10,11,12,13). The molecule has 1 aliphatic rings. The van der Waals surface area contributed by atoms with Crippen LogP contribution in [0.2, 0.25) is 0 Å². The largest absolute Gasteiger partial charge is 0.293 e. The molecule has 1 fully saturated rings. The van der Waals surface area contributed by atoms with E-state index >= 15 is 0 Å². The van der Waals surface area contributed by atoms with E-state index in [2.05, 4.69) is 20.6 Å². The Bertz CT molecular complexity index is 305. The third-order valence-corrected chi connectivity index (χ3v) is 2.25. The van der Waals surface area contributed by atoms with Crippen molar-refractivity contribution in [3.05, 3.63) is 5.82 Å². The summed E-state index contributed by atoms with van der Waals surface area (Å²) in [5.74, 6) is 0.719. The molecule has 6 nitrogen and oxygen atoms in total. The number of nitrogens with one attached hydrogen (secondary N) is 1. The first-order valence-corrected chi connectivity index (χ1v) is 5.25. The zero-order valence-corrected chi connectivity index (χ0v) is 9.40. The molecule has 2 rings (SSSR count). The molecule has 2 heterocycles. The van der Waals surface area contributed by atoms with Crippen LogP contribution in [0.15, 0.2) is 0 Å². The van der Waals surface area contributed by atoms with Gasteiger partial charge in [0.05, 0.1) is 11.6 Å². The zero-order valence-electron chi connectivity index (χ0n) is 9.40. The molecule has 0 radical (unpaired) electrons. The van der Waals surface area contributed by atoms with Crippen molar-refractivity contribution in [3.63, 3.8) is 0 Å². The molecule has 1 aromatic heterocycles. The smallest absolute Gasteiger partial charge is 0.193 e. The van der Waals surface area contributed by atoms with E-state index in [4.69, 9.17) is 4.84 Å². The predicted molar refractivity (Wildman–Crippen MR) is 53.7 cm³/mol. The van der Waals surface area contributed by atoms with E-state index in [1.54, 1.807) is 0 Å². The molecule has 1 aliphatic heterocycles. The van der Waals surface area contributed by atoms with Crippen LogP contribution in [0.5, 0.6) is 0 Å². The van der Waals surface area contributed by atoms with E-state index in [1.807, 2.05) is 25.8 Å². The molecule has 15 heavy (non-hydrogen) atoms. The molecule has 1 unspecified atom stereocenters. The van der Waals surface area contributed by atoms with Crippen molar-refractivity contribution in [1.29, 1.82) is 0 Å². The van der Waals surface area contributed by atoms with Crippen LogP contribution in [-0.2, 0) is 4.84 Å². The summed E-state index contributed by atoms with van der Waals surface area (Å²) in [5.41, 5.74) is -0.174. The summed E-state index contributed by atoms with van der Waals surface area (Å²) >= 11 is 0. The van der Waals surface area contributed by atoms with Crippen LogP contribution < -0.4 is 0 Å². The second-order valence-electron chi connectivity index (χ2n) is 4.77. The average molecular weight is 211 g/mol. The van der Waals surface area contributed by atoms with E-state index in [0.717, 1.165) is 25.2 Å². The van der Waals surface area contributed by atoms with Crippen LogP contribution in [0.3, 0.4) is 0 Å². The first-order valence-electron chi connectivity index (χ1n) is 5.25. The lowest BCUT2D eigenvalue weighted by Crippen LogP contribution is -2.34. The summed E-state index contributed by atoms with van der Waals surface area (Å²) in [7, 11) is 0. The minimum atomic E-state index is -0.174. The number of aromatic nitrogens is 4. The van der Waals surface area contributed by atoms with E-state index in [9.17, 15) is 0 Å². The van der Waals surface area contributed by atoms with Gasteiger partial charge >= 0.3 is 0 Å². The highest BCUT2D eigenvalue weighted by atomic mass is 16.7. The SMILES string of the molecule is CC(C)(C)ON1CCCC1c1nn[nH]n1. The van der Waals surface area contributed by atoms with Crippen molar-refractivity contribution in [2.24, 2.45) is 0 Å². The highest BCUT2D eigenvalue weighted by molar-refractivity contribution is 4.92. The Morgan fingerprint density at radius 1 is 1.47 bits per heavy atom. The predicted octanol–water partition coefficient (Wildman–Crippen LogP) is 1.07. The highest BCUT2D eigenvalue weighted by Crippen LogP contribution is 2.31. The Kier molecular flexibility index (Phi) is 2.70. The lowest BCUT2D eigenvalue weighted by atomic mass is 10.2. The lowest BCUT2D eigenvalue weighted by Gasteiger charge is -2.29. The van der Waals surface area contributed by atoms with Gasteiger partial charge in [0.2, 0.25) is 0 Å². The number of H-pyrrole nitrogens is 1. The summed E-state index contributed by atoms with van der Waals surface area (Å²) in [6.07, 6.45) is 2.13. The maximum absolute atomic E-state index is 5.85. The summed E-state index contributed by atoms with van der Waals surface area (Å²) < 4.78 is 0. The van der Waals surface area contributed by atoms with Crippen molar-refractivity contribution >= 4 is 0 Å². The molecule has 0 aliphatic carbocycles. The van der Waals surface area contributed by atoms with Crippen molar-refractivity contribution in [3.8, 4) is 0 Å². The van der Waals surface area contributed by atoms with Gasteiger partial charge in [-0.25, -0.2) is 0 Å². The monoisotopic (exact) mass is 211 g/mol. The van der Waals surface area contributed by atoms with Crippen molar-refractivity contribution < 1.29 is 4.84 Å². The number of tetrazole rings is 1. The summed E-state index contributed by atoms with van der Waals surface area (Å²) in [6.45, 7) is 7.05. The third-order valence-electron chi connectivity index (χ3n) is 2.25. The highest BCUT2D eigenvalue weighted by Gasteiger charge is 2.32. The summed E-state index contributed by atoms with van der Waals surface area (Å²) in [6, 6.07) is 0.142. The van der Waals surface area contributed by atoms with Crippen LogP contribution in [0.25, 0.3) is 0 Å². The topological polar surface area (TPSA) is 66.9 Å². The van der Waals surface area contributed by atoms with Gasteiger partial charge in [0.25, 0.3) is 0 Å². The molecule has 0 spiro atoms. The van der Waals surface area contributed by atoms with E-state index in [-0.39, 0.29) is 11.6 Å². The number of hydrogen-bond donors (Lipinski definition) is 1. The van der Waals surface area contributed by atoms with Gasteiger partial charge in [-0.05, 0) is 33.6 Å². The first kappa shape index (κ1) is 10.5. The van der Waals surface area contributed by atoms with Crippen LogP contribution in [0.1, 0.15) is 45.5 Å². The molecule has 0 aromatic carbocycles. The Morgan fingerprint density at radius 2 is 2.27 bits per heavy atom. The lowest BCUT2D eigenvalue weighted by molar-refractivity contribution is -0.238. The summed E-state index contributed by atoms with van der Waals surface area (Å²) in [5, 5.41) is 16.0. The normalized spacial score (nSPS) is 23.5. The quantitative estimate of drug-likeness (QED) is 0.792. The molecule has 1 N–H and O–H groups in total. The maximum atomic E-state index is 5.85. The van der Waals surface area contributed by atoms with Gasteiger partial charge in [-0.2, -0.15) is 10.3 Å². The van der Waals surface area contributed by atoms with Gasteiger partial charge in [-0.3, -0.25) is 4.84 Å². The molecule has 0 bridgehead atoms. The van der Waals surface area contributed by atoms with Crippen LogP contribution in [0, 0.1) is 0 Å². The van der Waals surface area contributed by atoms with Gasteiger partial charge in [0, 0.05) is 6.54 Å². The van der Waals surface area contributed by atoms with E-state index in [1.165, 1.54) is 0 Å². The van der Waals surface area contributed by atoms with Crippen molar-refractivity contribution in [2.75, 3.05) is 6.54 Å². The average Bonchev–Trinajstić information content (AvgIpc) is 2.68. The molecule has 0 saturated carbocycles. The van der Waals surface area contributed by atoms with Crippen LogP contribution in [-0.4, -0.2) is 37.8 Å². The molecule has 84 valence electrons. The fraction of sp³-hybridized carbons (Fsp3) is 0.889. The second-order valence-corrected chi connectivity index (χ2v) is 4.77. The number of rotatable bonds is 2. The van der Waals surface area contributed by atoms with Gasteiger partial charge < -0.3 is 0 Å². The Morgan fingerprint density at radius 3 is 2.87 bits per heavy atom. The van der Waals surface area contributed by atoms with Gasteiger partial charge in [0.15, 0.2) is 5.82 Å². The number of hydrogen-bond acceptors (Lipinski definition) is 5. The first-order chi connectivity index (χ1) is 7.06.